The van der Waals surface area contributed by atoms with Crippen LogP contribution in [0.15, 0.2) is 0 Å². The standard InChI is InChI=1S/3C4H7NO2.C4H9.Sn/c3*1-3(6)5-4(2)7;1-4(2)3;/h3*1-2H3,(H,5,6,7);1-3H3;/q;;;;+3/p-3. The number of rotatable bonds is 3. The molecule has 6 amide bonds. The van der Waals surface area contributed by atoms with Crippen molar-refractivity contribution in [1.29, 1.82) is 0 Å². The Balaban J connectivity index is 7.63. The van der Waals surface area contributed by atoms with Crippen molar-refractivity contribution in [3.8, 4) is 0 Å². The van der Waals surface area contributed by atoms with E-state index in [-0.39, 0.29) is 0 Å². The van der Waals surface area contributed by atoms with Crippen LogP contribution in [-0.4, -0.2) is 64.0 Å². The molecule has 0 aliphatic heterocycles. The fraction of sp³-hybridized carbons (Fsp3) is 0.625. The Morgan fingerprint density at radius 1 is 0.500 bits per heavy atom. The second-order valence-electron chi connectivity index (χ2n) is 7.01. The van der Waals surface area contributed by atoms with E-state index >= 15 is 0 Å². The minimum atomic E-state index is -5.43. The summed E-state index contributed by atoms with van der Waals surface area (Å²) in [6.07, 6.45) is 0. The van der Waals surface area contributed by atoms with Gasteiger partial charge in [0, 0.05) is 0 Å². The Hall–Kier alpha value is -1.78. The van der Waals surface area contributed by atoms with Crippen molar-refractivity contribution in [2.75, 3.05) is 0 Å². The number of nitrogens with zero attached hydrogens (tertiary/aromatic N) is 3. The predicted octanol–water partition coefficient (Wildman–Crippen LogP) is 0.910. The fourth-order valence-electron chi connectivity index (χ4n) is 3.29. The van der Waals surface area contributed by atoms with Crippen LogP contribution in [0.5, 0.6) is 0 Å². The van der Waals surface area contributed by atoms with Gasteiger partial charge in [0.05, 0.1) is 0 Å². The van der Waals surface area contributed by atoms with E-state index in [0.29, 0.717) is 0 Å². The predicted molar refractivity (Wildman–Crippen MR) is 95.1 cm³/mol. The van der Waals surface area contributed by atoms with Crippen molar-refractivity contribution in [3.05, 3.63) is 0 Å². The molecule has 0 aromatic carbocycles. The maximum absolute atomic E-state index is 12.4. The van der Waals surface area contributed by atoms with E-state index < -0.39 is 58.1 Å². The Morgan fingerprint density at radius 2 is 0.654 bits per heavy atom. The van der Waals surface area contributed by atoms with Gasteiger partial charge in [0.15, 0.2) is 0 Å². The monoisotopic (exact) mass is 477 g/mol. The summed E-state index contributed by atoms with van der Waals surface area (Å²) in [5.74, 6) is -4.40. The molecule has 0 saturated carbocycles. The molecule has 0 radical (unpaired) electrons. The van der Waals surface area contributed by atoms with Crippen LogP contribution >= 0.6 is 0 Å². The molecule has 0 heterocycles. The Kier molecular flexibility index (Phi) is 7.71. The van der Waals surface area contributed by atoms with Crippen LogP contribution < -0.4 is 0 Å². The van der Waals surface area contributed by atoms with Crippen LogP contribution in [-0.2, 0) is 28.8 Å². The Labute approximate surface area is 158 Å². The topological polar surface area (TPSA) is 112 Å². The number of hydrogen-bond acceptors (Lipinski definition) is 6. The summed E-state index contributed by atoms with van der Waals surface area (Å²) >= 11 is -5.43. The van der Waals surface area contributed by atoms with Gasteiger partial charge in [-0.2, -0.15) is 0 Å². The van der Waals surface area contributed by atoms with Gasteiger partial charge in [0.25, 0.3) is 0 Å². The molecule has 10 heteroatoms. The van der Waals surface area contributed by atoms with Gasteiger partial charge < -0.3 is 0 Å². The fourth-order valence-corrected chi connectivity index (χ4v) is 18.3. The number of hydrogen-bond donors (Lipinski definition) is 0. The van der Waals surface area contributed by atoms with Crippen LogP contribution in [0.1, 0.15) is 62.3 Å². The molecule has 0 bridgehead atoms. The van der Waals surface area contributed by atoms with E-state index in [9.17, 15) is 28.8 Å². The third-order valence-electron chi connectivity index (χ3n) is 3.83. The zero-order valence-corrected chi connectivity index (χ0v) is 19.6. The molecule has 0 aromatic rings. The molecule has 0 N–H and O–H groups in total. The first-order valence-electron chi connectivity index (χ1n) is 7.99. The molecule has 0 rings (SSSR count). The van der Waals surface area contributed by atoms with Crippen molar-refractivity contribution in [2.24, 2.45) is 0 Å². The van der Waals surface area contributed by atoms with Gasteiger partial charge in [-0.05, 0) is 0 Å². The second kappa shape index (κ2) is 8.27. The van der Waals surface area contributed by atoms with Crippen molar-refractivity contribution >= 4 is 54.6 Å². The number of carbonyl (C=O) groups excluding carboxylic acids is 6. The first-order chi connectivity index (χ1) is 11.5. The summed E-state index contributed by atoms with van der Waals surface area (Å²) in [4.78, 5) is 74.6. The van der Waals surface area contributed by atoms with E-state index in [1.165, 1.54) is 0 Å². The van der Waals surface area contributed by atoms with Gasteiger partial charge in [0.2, 0.25) is 0 Å². The van der Waals surface area contributed by atoms with Gasteiger partial charge in [0.1, 0.15) is 0 Å². The molecule has 0 atom stereocenters. The van der Waals surface area contributed by atoms with Gasteiger partial charge in [-0.25, -0.2) is 0 Å². The number of carbonyl (C=O) groups is 6. The molecule has 0 aliphatic rings. The second-order valence-corrected chi connectivity index (χ2v) is 18.7. The molecule has 26 heavy (non-hydrogen) atoms. The maximum atomic E-state index is 12.4. The van der Waals surface area contributed by atoms with Crippen LogP contribution in [0, 0.1) is 0 Å². The molecule has 9 nitrogen and oxygen atoms in total. The van der Waals surface area contributed by atoms with Crippen molar-refractivity contribution < 1.29 is 28.8 Å². The van der Waals surface area contributed by atoms with Gasteiger partial charge in [-0.3, -0.25) is 0 Å². The molecule has 0 spiro atoms. The van der Waals surface area contributed by atoms with Crippen molar-refractivity contribution in [1.82, 2.24) is 9.36 Å². The molecule has 0 aliphatic carbocycles. The van der Waals surface area contributed by atoms with Crippen molar-refractivity contribution in [2.45, 2.75) is 65.7 Å². The normalized spacial score (nSPS) is 11.4. The van der Waals surface area contributed by atoms with Crippen LogP contribution in [0.2, 0.25) is 3.43 Å². The molecule has 0 saturated heterocycles. The van der Waals surface area contributed by atoms with E-state index in [4.69, 9.17) is 0 Å². The average Bonchev–Trinajstić information content (AvgIpc) is 2.33. The van der Waals surface area contributed by atoms with Gasteiger partial charge >= 0.3 is 159 Å². The van der Waals surface area contributed by atoms with Crippen LogP contribution in [0.25, 0.3) is 0 Å². The SMILES string of the molecule is CC(=O)[N](C(C)=O)[Sn]([N](C(C)=O)C(C)=O)([N](C(C)=O)C(C)=O)[C](C)(C)C. The van der Waals surface area contributed by atoms with Crippen molar-refractivity contribution in [3.63, 3.8) is 0 Å². The Morgan fingerprint density at radius 3 is 0.731 bits per heavy atom. The van der Waals surface area contributed by atoms with E-state index in [0.717, 1.165) is 50.9 Å². The minimum absolute atomic E-state index is 0.733. The van der Waals surface area contributed by atoms with Gasteiger partial charge in [-0.1, -0.05) is 0 Å². The molecule has 0 unspecified atom stereocenters. The molecule has 146 valence electrons. The molecular weight excluding hydrogens is 449 g/mol. The van der Waals surface area contributed by atoms with Crippen LogP contribution in [0.4, 0.5) is 0 Å². The quantitative estimate of drug-likeness (QED) is 0.560. The summed E-state index contributed by atoms with van der Waals surface area (Å²) in [6.45, 7) is 11.5. The summed E-state index contributed by atoms with van der Waals surface area (Å²) < 4.78 is 1.39. The summed E-state index contributed by atoms with van der Waals surface area (Å²) in [5, 5.41) is 0. The number of amides is 6. The van der Waals surface area contributed by atoms with E-state index in [1.54, 1.807) is 20.8 Å². The molecule has 0 aromatic heterocycles. The summed E-state index contributed by atoms with van der Waals surface area (Å²) in [6, 6.07) is 0. The Bertz CT molecular complexity index is 547. The third-order valence-corrected chi connectivity index (χ3v) is 20.3. The summed E-state index contributed by atoms with van der Waals surface area (Å²) in [5.41, 5.74) is 0. The molecular formula is C16H27N3O6Sn. The average molecular weight is 476 g/mol. The van der Waals surface area contributed by atoms with Crippen LogP contribution in [0.3, 0.4) is 0 Å². The zero-order chi connectivity index (χ0) is 21.2. The summed E-state index contributed by atoms with van der Waals surface area (Å²) in [7, 11) is 0. The first-order valence-corrected chi connectivity index (χ1v) is 13.2. The van der Waals surface area contributed by atoms with E-state index in [2.05, 4.69) is 0 Å². The first kappa shape index (κ1) is 24.2. The zero-order valence-electron chi connectivity index (χ0n) is 16.8. The third kappa shape index (κ3) is 4.13. The number of imide groups is 3. The van der Waals surface area contributed by atoms with Gasteiger partial charge in [-0.15, -0.1) is 0 Å². The molecule has 0 fully saturated rings. The van der Waals surface area contributed by atoms with E-state index in [1.807, 2.05) is 0 Å².